The number of unbranched alkanes of at least 4 members (excludes halogenated alkanes) is 1. The predicted molar refractivity (Wildman–Crippen MR) is 110 cm³/mol. The molecule has 0 aliphatic heterocycles. The van der Waals surface area contributed by atoms with E-state index in [0.717, 1.165) is 37.3 Å². The maximum Gasteiger partial charge on any atom is 0.219 e. The number of carbonyl (C=O) groups excluding carboxylic acids is 2. The second-order valence-corrected chi connectivity index (χ2v) is 13.3. The number of ketones is 2. The fourth-order valence-corrected chi connectivity index (χ4v) is 6.89. The van der Waals surface area contributed by atoms with E-state index in [-0.39, 0.29) is 34.7 Å². The summed E-state index contributed by atoms with van der Waals surface area (Å²) in [5.41, 5.74) is 2.46. The molecule has 0 unspecified atom stereocenters. The molecule has 1 N–H and O–H groups in total. The average molecular weight is 373 g/mol. The van der Waals surface area contributed by atoms with E-state index in [4.69, 9.17) is 0 Å². The normalized spacial score (nSPS) is 24.5. The largest absolute Gasteiger partial charge is 0.504 e. The molecule has 26 heavy (non-hydrogen) atoms. The Morgan fingerprint density at radius 2 is 2.00 bits per heavy atom. The van der Waals surface area contributed by atoms with Gasteiger partial charge in [-0.25, -0.2) is 0 Å². The molecule has 0 heterocycles. The van der Waals surface area contributed by atoms with Gasteiger partial charge in [0.05, 0.1) is 13.6 Å². The summed E-state index contributed by atoms with van der Waals surface area (Å²) in [4.78, 5) is 25.9. The van der Waals surface area contributed by atoms with E-state index in [0.29, 0.717) is 5.20 Å². The minimum atomic E-state index is -2.04. The fraction of sp³-hybridized carbons (Fsp3) is 0.545. The number of allylic oxidation sites excluding steroid dienone is 6. The molecule has 0 saturated heterocycles. The van der Waals surface area contributed by atoms with Gasteiger partial charge >= 0.3 is 0 Å². The second kappa shape index (κ2) is 7.91. The van der Waals surface area contributed by atoms with Crippen LogP contribution in [0.4, 0.5) is 0 Å². The van der Waals surface area contributed by atoms with Crippen LogP contribution in [0.5, 0.6) is 0 Å². The van der Waals surface area contributed by atoms with Crippen LogP contribution >= 0.6 is 0 Å². The molecule has 2 aliphatic carbocycles. The number of hydrogen-bond acceptors (Lipinski definition) is 3. The smallest absolute Gasteiger partial charge is 0.219 e. The molecule has 0 saturated carbocycles. The molecule has 0 radical (unpaired) electrons. The Hall–Kier alpha value is -1.68. The van der Waals surface area contributed by atoms with E-state index in [2.05, 4.69) is 26.6 Å². The summed E-state index contributed by atoms with van der Waals surface area (Å²) in [7, 11) is -2.04. The Morgan fingerprint density at radius 3 is 2.58 bits per heavy atom. The number of rotatable bonds is 6. The molecular formula is C22H32O3Si. The SMILES string of the molecule is C=C(C)[C@@H]1CCC(C)=C[C@H]1C1=C(O)C(=O)C([Si](C)(C)CCCC)=CC1=O. The molecule has 142 valence electrons. The van der Waals surface area contributed by atoms with Crippen molar-refractivity contribution in [3.63, 3.8) is 0 Å². The van der Waals surface area contributed by atoms with Crippen LogP contribution in [0, 0.1) is 11.8 Å². The Kier molecular flexibility index (Phi) is 6.27. The van der Waals surface area contributed by atoms with Crippen molar-refractivity contribution in [2.45, 2.75) is 65.6 Å². The maximum absolute atomic E-state index is 13.0. The molecule has 0 amide bonds. The molecule has 4 heteroatoms. The fourth-order valence-electron chi connectivity index (χ4n) is 4.13. The molecule has 0 bridgehead atoms. The lowest BCUT2D eigenvalue weighted by Gasteiger charge is -2.34. The second-order valence-electron chi connectivity index (χ2n) is 8.53. The van der Waals surface area contributed by atoms with Crippen molar-refractivity contribution < 1.29 is 14.7 Å². The molecule has 3 nitrogen and oxygen atoms in total. The molecule has 0 spiro atoms. The van der Waals surface area contributed by atoms with Gasteiger partial charge in [0.15, 0.2) is 11.5 Å². The minimum absolute atomic E-state index is 0.0906. The highest BCUT2D eigenvalue weighted by molar-refractivity contribution is 6.89. The summed E-state index contributed by atoms with van der Waals surface area (Å²) in [6, 6.07) is 0.952. The number of Topliss-reactive ketones (excluding diaryl/α,β-unsaturated/α-hetero) is 1. The third kappa shape index (κ3) is 4.01. The van der Waals surface area contributed by atoms with Crippen LogP contribution in [0.1, 0.15) is 46.5 Å². The molecule has 0 fully saturated rings. The van der Waals surface area contributed by atoms with Crippen LogP contribution in [0.3, 0.4) is 0 Å². The number of hydrogen-bond donors (Lipinski definition) is 1. The van der Waals surface area contributed by atoms with E-state index in [9.17, 15) is 14.7 Å². The molecule has 0 aromatic carbocycles. The van der Waals surface area contributed by atoms with Crippen LogP contribution < -0.4 is 0 Å². The van der Waals surface area contributed by atoms with E-state index in [1.54, 1.807) is 0 Å². The van der Waals surface area contributed by atoms with E-state index in [1.807, 2.05) is 19.9 Å². The summed E-state index contributed by atoms with van der Waals surface area (Å²) in [6.07, 6.45) is 7.53. The number of aliphatic hydroxyl groups excluding tert-OH is 1. The van der Waals surface area contributed by atoms with Gasteiger partial charge in [-0.2, -0.15) is 0 Å². The summed E-state index contributed by atoms with van der Waals surface area (Å²) in [5.74, 6) is -1.02. The predicted octanol–water partition coefficient (Wildman–Crippen LogP) is 5.47. The van der Waals surface area contributed by atoms with Gasteiger partial charge < -0.3 is 5.11 Å². The zero-order chi connectivity index (χ0) is 19.6. The molecule has 0 aromatic rings. The topological polar surface area (TPSA) is 54.4 Å². The van der Waals surface area contributed by atoms with Gasteiger partial charge in [-0.3, -0.25) is 9.59 Å². The molecule has 2 aliphatic rings. The van der Waals surface area contributed by atoms with Gasteiger partial charge in [0.2, 0.25) is 5.78 Å². The highest BCUT2D eigenvalue weighted by Gasteiger charge is 2.41. The van der Waals surface area contributed by atoms with Gasteiger partial charge in [0.1, 0.15) is 0 Å². The first-order chi connectivity index (χ1) is 12.1. The molecule has 2 rings (SSSR count). The van der Waals surface area contributed by atoms with E-state index >= 15 is 0 Å². The summed E-state index contributed by atoms with van der Waals surface area (Å²) in [6.45, 7) is 14.4. The lowest BCUT2D eigenvalue weighted by Crippen LogP contribution is -2.39. The molecule has 0 aromatic heterocycles. The Labute approximate surface area is 158 Å². The van der Waals surface area contributed by atoms with Gasteiger partial charge in [0, 0.05) is 5.92 Å². The molecule has 2 atom stereocenters. The van der Waals surface area contributed by atoms with Crippen LogP contribution in [-0.4, -0.2) is 24.7 Å². The summed E-state index contributed by atoms with van der Waals surface area (Å²) < 4.78 is 0. The monoisotopic (exact) mass is 372 g/mol. The lowest BCUT2D eigenvalue weighted by molar-refractivity contribution is -0.117. The Morgan fingerprint density at radius 1 is 1.35 bits per heavy atom. The van der Waals surface area contributed by atoms with Crippen LogP contribution in [0.15, 0.2) is 46.4 Å². The van der Waals surface area contributed by atoms with Crippen molar-refractivity contribution >= 4 is 19.6 Å². The Bertz CT molecular complexity index is 722. The van der Waals surface area contributed by atoms with Crippen LogP contribution in [0.2, 0.25) is 19.1 Å². The van der Waals surface area contributed by atoms with Gasteiger partial charge in [-0.1, -0.05) is 62.7 Å². The van der Waals surface area contributed by atoms with Crippen LogP contribution in [0.25, 0.3) is 0 Å². The quantitative estimate of drug-likeness (QED) is 0.382. The third-order valence-corrected chi connectivity index (χ3v) is 9.29. The summed E-state index contributed by atoms with van der Waals surface area (Å²) in [5, 5.41) is 11.3. The first-order valence-electron chi connectivity index (χ1n) is 9.67. The van der Waals surface area contributed by atoms with Crippen molar-refractivity contribution in [3.05, 3.63) is 46.4 Å². The first kappa shape index (κ1) is 20.6. The minimum Gasteiger partial charge on any atom is -0.504 e. The van der Waals surface area contributed by atoms with Gasteiger partial charge in [-0.15, -0.1) is 0 Å². The molecular weight excluding hydrogens is 340 g/mol. The Balaban J connectivity index is 2.44. The van der Waals surface area contributed by atoms with Crippen molar-refractivity contribution in [2.75, 3.05) is 0 Å². The van der Waals surface area contributed by atoms with Crippen molar-refractivity contribution in [2.24, 2.45) is 11.8 Å². The van der Waals surface area contributed by atoms with Crippen molar-refractivity contribution in [1.29, 1.82) is 0 Å². The van der Waals surface area contributed by atoms with Crippen molar-refractivity contribution in [3.8, 4) is 0 Å². The first-order valence-corrected chi connectivity index (χ1v) is 12.9. The van der Waals surface area contributed by atoms with Crippen LogP contribution in [-0.2, 0) is 9.59 Å². The van der Waals surface area contributed by atoms with Gasteiger partial charge in [-0.05, 0) is 43.9 Å². The maximum atomic E-state index is 13.0. The lowest BCUT2D eigenvalue weighted by atomic mass is 9.72. The van der Waals surface area contributed by atoms with Crippen molar-refractivity contribution in [1.82, 2.24) is 0 Å². The van der Waals surface area contributed by atoms with E-state index in [1.165, 1.54) is 11.6 Å². The standard InChI is InChI=1S/C22H32O3Si/c1-7-8-11-26(5,6)19-13-18(23)20(22(25)21(19)24)17-12-15(4)9-10-16(17)14(2)3/h12-13,16-17,25H,2,7-11H2,1,3-6H3/t16-,17+/m0/s1. The zero-order valence-corrected chi connectivity index (χ0v) is 17.8. The summed E-state index contributed by atoms with van der Waals surface area (Å²) >= 11 is 0. The third-order valence-electron chi connectivity index (χ3n) is 5.85. The number of carbonyl (C=O) groups is 2. The number of aliphatic hydroxyl groups is 1. The highest BCUT2D eigenvalue weighted by Crippen LogP contribution is 2.41. The van der Waals surface area contributed by atoms with E-state index < -0.39 is 8.07 Å². The average Bonchev–Trinajstić information content (AvgIpc) is 2.56. The van der Waals surface area contributed by atoms with Gasteiger partial charge in [0.25, 0.3) is 0 Å². The zero-order valence-electron chi connectivity index (χ0n) is 16.8. The highest BCUT2D eigenvalue weighted by atomic mass is 28.3.